The summed E-state index contributed by atoms with van der Waals surface area (Å²) in [5.74, 6) is 0.185. The minimum Gasteiger partial charge on any atom is -0.354 e. The smallest absolute Gasteiger partial charge is 0.272 e. The van der Waals surface area contributed by atoms with Crippen molar-refractivity contribution in [3.8, 4) is 0 Å². The van der Waals surface area contributed by atoms with Crippen LogP contribution in [0.3, 0.4) is 0 Å². The van der Waals surface area contributed by atoms with Crippen LogP contribution < -0.4 is 10.6 Å². The van der Waals surface area contributed by atoms with Crippen molar-refractivity contribution < 1.29 is 9.59 Å². The van der Waals surface area contributed by atoms with Gasteiger partial charge in [0.15, 0.2) is 0 Å². The maximum Gasteiger partial charge on any atom is 0.272 e. The van der Waals surface area contributed by atoms with E-state index in [9.17, 15) is 9.59 Å². The Labute approximate surface area is 178 Å². The standard InChI is InChI=1S/C23H33N5O2/c1-16(2)11-12-24-22(30)23(4)15-28-20(21(29)27(23)5)13-19(26-28)14-25-17(3)18-9-7-6-8-10-18/h6-10,13,16-17,25H,11-12,14-15H2,1-5H3,(H,24,30). The molecule has 2 heterocycles. The second-order valence-corrected chi connectivity index (χ2v) is 8.77. The van der Waals surface area contributed by atoms with E-state index in [4.69, 9.17) is 0 Å². The summed E-state index contributed by atoms with van der Waals surface area (Å²) in [7, 11) is 1.69. The van der Waals surface area contributed by atoms with Crippen LogP contribution in [0.1, 0.15) is 61.9 Å². The average Bonchev–Trinajstić information content (AvgIpc) is 3.13. The van der Waals surface area contributed by atoms with Crippen LogP contribution in [0.2, 0.25) is 0 Å². The first-order chi connectivity index (χ1) is 14.2. The summed E-state index contributed by atoms with van der Waals surface area (Å²) in [6, 6.07) is 12.2. The van der Waals surface area contributed by atoms with E-state index in [2.05, 4.69) is 48.6 Å². The van der Waals surface area contributed by atoms with Gasteiger partial charge in [-0.15, -0.1) is 0 Å². The minimum atomic E-state index is -0.963. The van der Waals surface area contributed by atoms with E-state index in [0.29, 0.717) is 31.2 Å². The Morgan fingerprint density at radius 1 is 1.23 bits per heavy atom. The molecular formula is C23H33N5O2. The highest BCUT2D eigenvalue weighted by atomic mass is 16.2. The van der Waals surface area contributed by atoms with E-state index in [1.165, 1.54) is 5.56 Å². The van der Waals surface area contributed by atoms with Crippen molar-refractivity contribution >= 4 is 11.8 Å². The van der Waals surface area contributed by atoms with E-state index in [1.54, 1.807) is 23.6 Å². The highest BCUT2D eigenvalue weighted by Gasteiger charge is 2.45. The molecule has 0 saturated heterocycles. The number of carbonyl (C=O) groups excluding carboxylic acids is 2. The van der Waals surface area contributed by atoms with Gasteiger partial charge in [0, 0.05) is 26.2 Å². The SMILES string of the molecule is CC(C)CCNC(=O)C1(C)Cn2nc(CNC(C)c3ccccc3)cc2C(=O)N1C. The molecule has 2 unspecified atom stereocenters. The third kappa shape index (κ3) is 4.56. The molecule has 162 valence electrons. The number of nitrogens with one attached hydrogen (secondary N) is 2. The molecule has 0 radical (unpaired) electrons. The summed E-state index contributed by atoms with van der Waals surface area (Å²) < 4.78 is 1.68. The first-order valence-corrected chi connectivity index (χ1v) is 10.6. The van der Waals surface area contributed by atoms with Crippen molar-refractivity contribution in [3.63, 3.8) is 0 Å². The Balaban J connectivity index is 1.69. The zero-order chi connectivity index (χ0) is 21.9. The lowest BCUT2D eigenvalue weighted by Gasteiger charge is -2.40. The van der Waals surface area contributed by atoms with Gasteiger partial charge in [0.1, 0.15) is 11.2 Å². The molecule has 2 aromatic rings. The Hall–Kier alpha value is -2.67. The molecule has 0 bridgehead atoms. The third-order valence-electron chi connectivity index (χ3n) is 5.94. The lowest BCUT2D eigenvalue weighted by molar-refractivity contribution is -0.132. The second kappa shape index (κ2) is 9.00. The number of nitrogens with zero attached hydrogens (tertiary/aromatic N) is 3. The molecule has 0 spiro atoms. The number of likely N-dealkylation sites (N-methyl/N-ethyl adjacent to an activating group) is 1. The van der Waals surface area contributed by atoms with E-state index in [-0.39, 0.29) is 17.9 Å². The summed E-state index contributed by atoms with van der Waals surface area (Å²) in [5.41, 5.74) is 1.55. The van der Waals surface area contributed by atoms with Gasteiger partial charge in [-0.3, -0.25) is 14.3 Å². The van der Waals surface area contributed by atoms with Crippen molar-refractivity contribution in [2.75, 3.05) is 13.6 Å². The van der Waals surface area contributed by atoms with Crippen LogP contribution >= 0.6 is 0 Å². The summed E-state index contributed by atoms with van der Waals surface area (Å²) in [6.07, 6.45) is 0.905. The molecule has 2 N–H and O–H groups in total. The number of benzene rings is 1. The van der Waals surface area contributed by atoms with Crippen molar-refractivity contribution in [2.24, 2.45) is 5.92 Å². The van der Waals surface area contributed by atoms with Crippen molar-refractivity contribution in [3.05, 3.63) is 53.3 Å². The van der Waals surface area contributed by atoms with Crippen molar-refractivity contribution in [1.82, 2.24) is 25.3 Å². The molecule has 0 fully saturated rings. The molecule has 7 heteroatoms. The number of hydrogen-bond donors (Lipinski definition) is 2. The van der Waals surface area contributed by atoms with Crippen LogP contribution in [0, 0.1) is 5.92 Å². The number of aromatic nitrogens is 2. The minimum absolute atomic E-state index is 0.141. The predicted molar refractivity (Wildman–Crippen MR) is 117 cm³/mol. The van der Waals surface area contributed by atoms with E-state index in [1.807, 2.05) is 24.3 Å². The largest absolute Gasteiger partial charge is 0.354 e. The summed E-state index contributed by atoms with van der Waals surface area (Å²) >= 11 is 0. The van der Waals surface area contributed by atoms with Crippen LogP contribution in [-0.2, 0) is 17.9 Å². The molecule has 1 aromatic carbocycles. The predicted octanol–water partition coefficient (Wildman–Crippen LogP) is 2.74. The van der Waals surface area contributed by atoms with Gasteiger partial charge in [0.05, 0.1) is 12.2 Å². The van der Waals surface area contributed by atoms with E-state index >= 15 is 0 Å². The highest BCUT2D eigenvalue weighted by Crippen LogP contribution is 2.26. The van der Waals surface area contributed by atoms with Crippen LogP contribution in [0.5, 0.6) is 0 Å². The molecule has 30 heavy (non-hydrogen) atoms. The lowest BCUT2D eigenvalue weighted by Crippen LogP contribution is -2.62. The molecule has 1 aliphatic heterocycles. The number of carbonyl (C=O) groups is 2. The van der Waals surface area contributed by atoms with Crippen LogP contribution in [0.25, 0.3) is 0 Å². The third-order valence-corrected chi connectivity index (χ3v) is 5.94. The fourth-order valence-electron chi connectivity index (χ4n) is 3.65. The zero-order valence-corrected chi connectivity index (χ0v) is 18.6. The Morgan fingerprint density at radius 3 is 2.60 bits per heavy atom. The van der Waals surface area contributed by atoms with Gasteiger partial charge in [-0.1, -0.05) is 44.2 Å². The monoisotopic (exact) mass is 411 g/mol. The molecule has 1 aliphatic rings. The molecule has 2 amide bonds. The Kier molecular flexibility index (Phi) is 6.61. The fraction of sp³-hybridized carbons (Fsp3) is 0.522. The number of fused-ring (bicyclic) bond motifs is 1. The molecule has 3 rings (SSSR count). The van der Waals surface area contributed by atoms with Crippen LogP contribution in [-0.4, -0.2) is 45.6 Å². The zero-order valence-electron chi connectivity index (χ0n) is 18.6. The first kappa shape index (κ1) is 22.0. The Bertz CT molecular complexity index is 892. The molecule has 1 aromatic heterocycles. The average molecular weight is 412 g/mol. The first-order valence-electron chi connectivity index (χ1n) is 10.6. The van der Waals surface area contributed by atoms with E-state index in [0.717, 1.165) is 12.1 Å². The molecule has 7 nitrogen and oxygen atoms in total. The van der Waals surface area contributed by atoms with Gasteiger partial charge >= 0.3 is 0 Å². The van der Waals surface area contributed by atoms with Gasteiger partial charge in [-0.25, -0.2) is 0 Å². The number of hydrogen-bond acceptors (Lipinski definition) is 4. The van der Waals surface area contributed by atoms with Crippen molar-refractivity contribution in [1.29, 1.82) is 0 Å². The van der Waals surface area contributed by atoms with Gasteiger partial charge in [-0.2, -0.15) is 5.10 Å². The number of amides is 2. The molecule has 0 saturated carbocycles. The van der Waals surface area contributed by atoms with E-state index < -0.39 is 5.54 Å². The maximum absolute atomic E-state index is 13.0. The molecule has 0 aliphatic carbocycles. The van der Waals surface area contributed by atoms with Crippen molar-refractivity contribution in [2.45, 2.75) is 58.8 Å². The van der Waals surface area contributed by atoms with Crippen LogP contribution in [0.15, 0.2) is 36.4 Å². The van der Waals surface area contributed by atoms with Gasteiger partial charge in [0.25, 0.3) is 5.91 Å². The van der Waals surface area contributed by atoms with Gasteiger partial charge < -0.3 is 15.5 Å². The topological polar surface area (TPSA) is 79.3 Å². The summed E-state index contributed by atoms with van der Waals surface area (Å²) in [6.45, 7) is 9.63. The molecular weight excluding hydrogens is 378 g/mol. The second-order valence-electron chi connectivity index (χ2n) is 8.77. The lowest BCUT2D eigenvalue weighted by atomic mass is 9.95. The van der Waals surface area contributed by atoms with Gasteiger partial charge in [0.2, 0.25) is 5.91 Å². The number of rotatable bonds is 8. The normalized spacial score (nSPS) is 19.7. The highest BCUT2D eigenvalue weighted by molar-refractivity contribution is 5.99. The summed E-state index contributed by atoms with van der Waals surface area (Å²) in [5, 5.41) is 11.1. The maximum atomic E-state index is 13.0. The van der Waals surface area contributed by atoms with Crippen LogP contribution in [0.4, 0.5) is 0 Å². The van der Waals surface area contributed by atoms with Gasteiger partial charge in [-0.05, 0) is 37.8 Å². The molecule has 2 atom stereocenters. The summed E-state index contributed by atoms with van der Waals surface area (Å²) in [4.78, 5) is 27.4. The fourth-order valence-corrected chi connectivity index (χ4v) is 3.65. The quantitative estimate of drug-likeness (QED) is 0.700. The Morgan fingerprint density at radius 2 is 1.93 bits per heavy atom.